The summed E-state index contributed by atoms with van der Waals surface area (Å²) in [6.07, 6.45) is 12.1. The third-order valence-corrected chi connectivity index (χ3v) is 8.15. The minimum Gasteiger partial charge on any atom is -0.356 e. The minimum absolute atomic E-state index is 0.0721. The van der Waals surface area contributed by atoms with Gasteiger partial charge in [-0.05, 0) is 44.0 Å². The summed E-state index contributed by atoms with van der Waals surface area (Å²) in [5.74, 6) is -2.47. The predicted octanol–water partition coefficient (Wildman–Crippen LogP) is 3.21. The van der Waals surface area contributed by atoms with Crippen molar-refractivity contribution in [1.29, 1.82) is 0 Å². The van der Waals surface area contributed by atoms with Crippen LogP contribution in [0.2, 0.25) is 0 Å². The van der Waals surface area contributed by atoms with Crippen LogP contribution in [0.4, 0.5) is 11.4 Å². The summed E-state index contributed by atoms with van der Waals surface area (Å²) in [6, 6.07) is 11.8. The van der Waals surface area contributed by atoms with Crippen molar-refractivity contribution < 1.29 is 19.1 Å². The van der Waals surface area contributed by atoms with E-state index < -0.39 is 29.1 Å². The van der Waals surface area contributed by atoms with Crippen LogP contribution in [0.25, 0.3) is 0 Å². The lowest BCUT2D eigenvalue weighted by atomic mass is 9.70. The summed E-state index contributed by atoms with van der Waals surface area (Å²) < 4.78 is 6.57. The molecule has 6 rings (SSSR count). The van der Waals surface area contributed by atoms with Crippen molar-refractivity contribution in [3.8, 4) is 0 Å². The second-order valence-electron chi connectivity index (χ2n) is 10.4. The van der Waals surface area contributed by atoms with E-state index in [1.807, 2.05) is 37.3 Å². The number of hydrogen-bond donors (Lipinski definition) is 2. The lowest BCUT2D eigenvalue weighted by Gasteiger charge is -2.34. The van der Waals surface area contributed by atoms with Gasteiger partial charge in [-0.25, -0.2) is 0 Å². The van der Waals surface area contributed by atoms with Crippen molar-refractivity contribution >= 4 is 29.1 Å². The van der Waals surface area contributed by atoms with Gasteiger partial charge in [0, 0.05) is 17.9 Å². The van der Waals surface area contributed by atoms with E-state index in [0.29, 0.717) is 11.4 Å². The Kier molecular flexibility index (Phi) is 5.44. The van der Waals surface area contributed by atoms with Gasteiger partial charge in [0.05, 0.1) is 29.3 Å². The molecule has 1 aliphatic carbocycles. The van der Waals surface area contributed by atoms with E-state index in [2.05, 4.69) is 15.6 Å². The van der Waals surface area contributed by atoms with E-state index in [0.717, 1.165) is 25.7 Å². The Balaban J connectivity index is 1.39. The van der Waals surface area contributed by atoms with Crippen molar-refractivity contribution in [2.45, 2.75) is 62.3 Å². The molecule has 3 fully saturated rings. The molecule has 2 aromatic rings. The van der Waals surface area contributed by atoms with Crippen LogP contribution in [0.5, 0.6) is 0 Å². The van der Waals surface area contributed by atoms with Gasteiger partial charge >= 0.3 is 0 Å². The number of nitrogens with one attached hydrogen (secondary N) is 2. The van der Waals surface area contributed by atoms with Gasteiger partial charge in [-0.1, -0.05) is 49.6 Å². The highest BCUT2D eigenvalue weighted by molar-refractivity contribution is 6.11. The highest BCUT2D eigenvalue weighted by Gasteiger charge is 2.76. The normalized spacial score (nSPS) is 33.0. The van der Waals surface area contributed by atoms with Gasteiger partial charge in [-0.3, -0.25) is 24.3 Å². The zero-order valence-electron chi connectivity index (χ0n) is 20.2. The van der Waals surface area contributed by atoms with Gasteiger partial charge in [0.25, 0.3) is 0 Å². The predicted molar refractivity (Wildman–Crippen MR) is 134 cm³/mol. The zero-order valence-corrected chi connectivity index (χ0v) is 20.2. The number of nitrogens with zero attached hydrogens (tertiary/aromatic N) is 2. The van der Waals surface area contributed by atoms with Gasteiger partial charge in [0.2, 0.25) is 17.7 Å². The number of hydrogen-bond acceptors (Lipinski definition) is 5. The van der Waals surface area contributed by atoms with Crippen molar-refractivity contribution in [1.82, 2.24) is 10.3 Å². The minimum atomic E-state index is -1.24. The van der Waals surface area contributed by atoms with Crippen molar-refractivity contribution in [3.63, 3.8) is 0 Å². The maximum absolute atomic E-state index is 14.1. The maximum atomic E-state index is 14.1. The number of carbonyl (C=O) groups excluding carboxylic acids is 3. The molecule has 8 heteroatoms. The summed E-state index contributed by atoms with van der Waals surface area (Å²) >= 11 is 0. The van der Waals surface area contributed by atoms with E-state index in [-0.39, 0.29) is 23.8 Å². The monoisotopic (exact) mass is 486 g/mol. The number of fused-ring (bicyclic) bond motifs is 1. The van der Waals surface area contributed by atoms with Crippen molar-refractivity contribution in [2.75, 3.05) is 10.2 Å². The Bertz CT molecular complexity index is 1210. The number of amides is 3. The molecular weight excluding hydrogens is 456 g/mol. The first-order chi connectivity index (χ1) is 17.4. The first-order valence-corrected chi connectivity index (χ1v) is 12.7. The molecule has 1 aromatic heterocycles. The molecule has 0 radical (unpaired) electrons. The van der Waals surface area contributed by atoms with E-state index in [4.69, 9.17) is 4.74 Å². The number of carbonyl (C=O) groups is 3. The summed E-state index contributed by atoms with van der Waals surface area (Å²) in [6.45, 7) is 1.82. The molecule has 1 spiro atoms. The third kappa shape index (κ3) is 3.46. The van der Waals surface area contributed by atoms with E-state index in [1.165, 1.54) is 11.3 Å². The summed E-state index contributed by atoms with van der Waals surface area (Å²) in [5, 5.41) is 6.15. The molecule has 4 aliphatic rings. The maximum Gasteiger partial charge on any atom is 0.246 e. The molecule has 1 saturated carbocycles. The van der Waals surface area contributed by atoms with Crippen LogP contribution in [0, 0.1) is 11.8 Å². The molecule has 2 saturated heterocycles. The van der Waals surface area contributed by atoms with Crippen LogP contribution in [0.15, 0.2) is 67.0 Å². The molecule has 2 N–H and O–H groups in total. The smallest absolute Gasteiger partial charge is 0.246 e. The Labute approximate surface area is 210 Å². The van der Waals surface area contributed by atoms with Crippen LogP contribution in [-0.2, 0) is 19.1 Å². The molecule has 8 nitrogen and oxygen atoms in total. The second-order valence-corrected chi connectivity index (χ2v) is 10.4. The molecule has 186 valence electrons. The molecular formula is C28H30N4O4. The number of para-hydroxylation sites is 1. The van der Waals surface area contributed by atoms with Crippen LogP contribution in [0.1, 0.15) is 39.0 Å². The number of pyridine rings is 1. The highest BCUT2D eigenvalue weighted by atomic mass is 16.5. The van der Waals surface area contributed by atoms with Crippen molar-refractivity contribution in [3.05, 3.63) is 67.0 Å². The number of benzene rings is 1. The van der Waals surface area contributed by atoms with Gasteiger partial charge in [0.15, 0.2) is 0 Å². The summed E-state index contributed by atoms with van der Waals surface area (Å²) in [7, 11) is 0. The molecule has 2 bridgehead atoms. The van der Waals surface area contributed by atoms with Crippen molar-refractivity contribution in [2.24, 2.45) is 11.8 Å². The Morgan fingerprint density at radius 3 is 2.53 bits per heavy atom. The molecule has 3 aliphatic heterocycles. The fourth-order valence-corrected chi connectivity index (χ4v) is 6.58. The third-order valence-electron chi connectivity index (χ3n) is 8.15. The Hall–Kier alpha value is -3.52. The largest absolute Gasteiger partial charge is 0.356 e. The first-order valence-electron chi connectivity index (χ1n) is 12.7. The van der Waals surface area contributed by atoms with E-state index >= 15 is 0 Å². The topological polar surface area (TPSA) is 101 Å². The molecule has 3 amide bonds. The second kappa shape index (κ2) is 8.55. The SMILES string of the molecule is C[C@@]12C=C[C@@]3(O1)[C@H](C(=O)N(c1cccnc1)[C@@H]3C(=O)NC1CCCCC1)[C@@H]2C(=O)Nc1ccccc1. The molecule has 5 atom stereocenters. The molecule has 4 heterocycles. The molecule has 36 heavy (non-hydrogen) atoms. The average Bonchev–Trinajstić information content (AvgIpc) is 3.46. The van der Waals surface area contributed by atoms with E-state index in [1.54, 1.807) is 36.7 Å². The first kappa shape index (κ1) is 22.9. The number of anilines is 2. The highest BCUT2D eigenvalue weighted by Crippen LogP contribution is 2.60. The van der Waals surface area contributed by atoms with E-state index in [9.17, 15) is 14.4 Å². The lowest BCUT2D eigenvalue weighted by molar-refractivity contribution is -0.131. The fraction of sp³-hybridized carbons (Fsp3) is 0.429. The van der Waals surface area contributed by atoms with Gasteiger partial charge in [-0.2, -0.15) is 0 Å². The molecule has 0 unspecified atom stereocenters. The average molecular weight is 487 g/mol. The summed E-state index contributed by atoms with van der Waals surface area (Å²) in [5.41, 5.74) is -1.07. The lowest BCUT2D eigenvalue weighted by Crippen LogP contribution is -2.56. The number of aromatic nitrogens is 1. The Morgan fingerprint density at radius 2 is 1.81 bits per heavy atom. The number of ether oxygens (including phenoxy) is 1. The van der Waals surface area contributed by atoms with Crippen LogP contribution >= 0.6 is 0 Å². The van der Waals surface area contributed by atoms with Crippen LogP contribution < -0.4 is 15.5 Å². The quantitative estimate of drug-likeness (QED) is 0.632. The van der Waals surface area contributed by atoms with Crippen LogP contribution in [-0.4, -0.2) is 46.0 Å². The van der Waals surface area contributed by atoms with Crippen LogP contribution in [0.3, 0.4) is 0 Å². The molecule has 1 aromatic carbocycles. The van der Waals surface area contributed by atoms with Gasteiger partial charge in [-0.15, -0.1) is 0 Å². The fourth-order valence-electron chi connectivity index (χ4n) is 6.58. The zero-order chi connectivity index (χ0) is 24.9. The standard InChI is InChI=1S/C28H30N4O4/c1-27-14-15-28(36-27)22(21(27)24(33)30-18-9-4-2-5-10-18)26(35)32(20-13-8-16-29-17-20)23(28)25(34)31-19-11-6-3-7-12-19/h2,4-5,8-10,13-17,19,21-23H,3,6-7,11-12H2,1H3,(H,30,33)(H,31,34)/t21-,22+,23-,27+,28-/m1/s1. The Morgan fingerprint density at radius 1 is 1.03 bits per heavy atom. The van der Waals surface area contributed by atoms with Gasteiger partial charge in [0.1, 0.15) is 11.6 Å². The van der Waals surface area contributed by atoms with Gasteiger partial charge < -0.3 is 15.4 Å². The summed E-state index contributed by atoms with van der Waals surface area (Å²) in [4.78, 5) is 47.3. The number of rotatable bonds is 5.